The Morgan fingerprint density at radius 2 is 2.14 bits per heavy atom. The Hall–Kier alpha value is -0.770. The van der Waals surface area contributed by atoms with E-state index in [-0.39, 0.29) is 10.4 Å². The van der Waals surface area contributed by atoms with E-state index in [1.807, 2.05) is 0 Å². The van der Waals surface area contributed by atoms with Gasteiger partial charge in [0, 0.05) is 10.0 Å². The second-order valence-corrected chi connectivity index (χ2v) is 5.86. The molecule has 1 aromatic rings. The predicted octanol–water partition coefficient (Wildman–Crippen LogP) is 4.40. The van der Waals surface area contributed by atoms with E-state index in [0.29, 0.717) is 15.6 Å². The Balaban J connectivity index is 2.55. The molecule has 2 rings (SSSR count). The monoisotopic (exact) mass is 476 g/mol. The zero-order chi connectivity index (χ0) is 15.8. The molecule has 0 aromatic heterocycles. The van der Waals surface area contributed by atoms with Gasteiger partial charge in [-0.15, -0.1) is 0 Å². The number of ether oxygens (including phenoxy) is 2. The zero-order valence-corrected chi connectivity index (χ0v) is 14.4. The fraction of sp³-hybridized carbons (Fsp3) is 0.308. The van der Waals surface area contributed by atoms with Crippen LogP contribution in [0.4, 0.5) is 13.2 Å². The van der Waals surface area contributed by atoms with Gasteiger partial charge in [0.2, 0.25) is 6.10 Å². The molecule has 0 aliphatic carbocycles. The smallest absolute Gasteiger partial charge is 0.430 e. The molecule has 1 unspecified atom stereocenters. The molecule has 0 saturated carbocycles. The normalized spacial score (nSPS) is 17.6. The molecular weight excluding hydrogens is 468 g/mol. The van der Waals surface area contributed by atoms with E-state index in [4.69, 9.17) is 4.74 Å². The fourth-order valence-electron chi connectivity index (χ4n) is 1.99. The first-order chi connectivity index (χ1) is 9.74. The third-order valence-electron chi connectivity index (χ3n) is 2.82. The van der Waals surface area contributed by atoms with Gasteiger partial charge in [-0.05, 0) is 53.3 Å². The van der Waals surface area contributed by atoms with Crippen LogP contribution in [0.1, 0.15) is 11.1 Å². The first-order valence-electron chi connectivity index (χ1n) is 5.72. The molecule has 0 radical (unpaired) electrons. The largest absolute Gasteiger partial charge is 0.475 e. The van der Waals surface area contributed by atoms with Crippen molar-refractivity contribution in [3.8, 4) is 5.75 Å². The number of fused-ring (bicyclic) bond motifs is 1. The van der Waals surface area contributed by atoms with Crippen molar-refractivity contribution >= 4 is 50.6 Å². The highest BCUT2D eigenvalue weighted by Gasteiger charge is 2.49. The van der Waals surface area contributed by atoms with Gasteiger partial charge < -0.3 is 9.47 Å². The van der Waals surface area contributed by atoms with Crippen LogP contribution in [0.25, 0.3) is 6.08 Å². The number of esters is 1. The van der Waals surface area contributed by atoms with E-state index in [9.17, 15) is 18.0 Å². The first kappa shape index (κ1) is 16.6. The highest BCUT2D eigenvalue weighted by Crippen LogP contribution is 2.40. The maximum absolute atomic E-state index is 13.1. The van der Waals surface area contributed by atoms with Crippen molar-refractivity contribution in [2.45, 2.75) is 19.2 Å². The molecule has 8 heteroatoms. The average Bonchev–Trinajstić information content (AvgIpc) is 2.36. The third-order valence-corrected chi connectivity index (χ3v) is 3.59. The number of hydrogen-bond acceptors (Lipinski definition) is 3. The summed E-state index contributed by atoms with van der Waals surface area (Å²) in [5.74, 6) is -0.915. The summed E-state index contributed by atoms with van der Waals surface area (Å²) in [6.07, 6.45) is -5.85. The molecular formula is C13H9BrF3IO3. The van der Waals surface area contributed by atoms with Crippen LogP contribution < -0.4 is 4.74 Å². The van der Waals surface area contributed by atoms with Crippen molar-refractivity contribution in [3.05, 3.63) is 33.3 Å². The van der Waals surface area contributed by atoms with Crippen LogP contribution in [0.3, 0.4) is 0 Å². The first-order valence-corrected chi connectivity index (χ1v) is 8.04. The van der Waals surface area contributed by atoms with Crippen molar-refractivity contribution in [1.82, 2.24) is 0 Å². The van der Waals surface area contributed by atoms with Crippen LogP contribution in [-0.4, -0.2) is 22.9 Å². The van der Waals surface area contributed by atoms with Crippen LogP contribution in [0, 0.1) is 6.92 Å². The molecule has 0 spiro atoms. The average molecular weight is 477 g/mol. The van der Waals surface area contributed by atoms with Crippen LogP contribution in [0.2, 0.25) is 0 Å². The Labute approximate surface area is 140 Å². The van der Waals surface area contributed by atoms with E-state index in [2.05, 4.69) is 20.7 Å². The van der Waals surface area contributed by atoms with Crippen LogP contribution in [-0.2, 0) is 9.53 Å². The molecule has 1 heterocycles. The van der Waals surface area contributed by atoms with Crippen molar-refractivity contribution < 1.29 is 27.4 Å². The quantitative estimate of drug-likeness (QED) is 0.360. The Morgan fingerprint density at radius 3 is 2.71 bits per heavy atom. The number of alkyl halides is 4. The van der Waals surface area contributed by atoms with Gasteiger partial charge in [-0.1, -0.05) is 15.9 Å². The second-order valence-electron chi connectivity index (χ2n) is 4.32. The van der Waals surface area contributed by atoms with Gasteiger partial charge in [-0.2, -0.15) is 13.2 Å². The second kappa shape index (κ2) is 6.15. The van der Waals surface area contributed by atoms with Gasteiger partial charge in [-0.25, -0.2) is 4.79 Å². The van der Waals surface area contributed by atoms with Crippen molar-refractivity contribution in [3.63, 3.8) is 0 Å². The standard InChI is InChI=1S/C13H9BrF3IO3/c1-6-2-8(14)3-7-4-9(12(19)20-5-18)11(13(15,16)17)21-10(6)7/h2-4,11H,5H2,1H3. The zero-order valence-electron chi connectivity index (χ0n) is 10.6. The minimum Gasteiger partial charge on any atom is -0.475 e. The summed E-state index contributed by atoms with van der Waals surface area (Å²) in [5, 5.41) is 0. The number of carbonyl (C=O) groups excluding carboxylic acids is 1. The third kappa shape index (κ3) is 3.53. The molecule has 1 aliphatic heterocycles. The van der Waals surface area contributed by atoms with Crippen LogP contribution >= 0.6 is 38.5 Å². The predicted molar refractivity (Wildman–Crippen MR) is 82.3 cm³/mol. The van der Waals surface area contributed by atoms with Gasteiger partial charge >= 0.3 is 12.1 Å². The lowest BCUT2D eigenvalue weighted by Crippen LogP contribution is -2.41. The van der Waals surface area contributed by atoms with E-state index < -0.39 is 23.8 Å². The number of hydrogen-bond donors (Lipinski definition) is 0. The summed E-state index contributed by atoms with van der Waals surface area (Å²) < 4.78 is 49.7. The SMILES string of the molecule is Cc1cc(Br)cc2c1OC(C(F)(F)F)C(C(=O)OCI)=C2. The highest BCUT2D eigenvalue weighted by atomic mass is 127. The molecule has 1 aromatic carbocycles. The van der Waals surface area contributed by atoms with Gasteiger partial charge in [0.05, 0.1) is 5.57 Å². The van der Waals surface area contributed by atoms with E-state index in [0.717, 1.165) is 0 Å². The Kier molecular flexibility index (Phi) is 4.86. The molecule has 21 heavy (non-hydrogen) atoms. The molecule has 0 N–H and O–H groups in total. The number of halogens is 5. The van der Waals surface area contributed by atoms with Gasteiger partial charge in [0.25, 0.3) is 0 Å². The minimum atomic E-state index is -4.70. The van der Waals surface area contributed by atoms with Crippen LogP contribution in [0.5, 0.6) is 5.75 Å². The number of benzene rings is 1. The van der Waals surface area contributed by atoms with Gasteiger partial charge in [0.15, 0.2) is 0 Å². The molecule has 0 fully saturated rings. The molecule has 1 aliphatic rings. The summed E-state index contributed by atoms with van der Waals surface area (Å²) in [4.78, 5) is 11.7. The fourth-order valence-corrected chi connectivity index (χ4v) is 2.86. The topological polar surface area (TPSA) is 35.5 Å². The number of carbonyl (C=O) groups is 1. The lowest BCUT2D eigenvalue weighted by atomic mass is 9.99. The minimum absolute atomic E-state index is 0.0388. The molecule has 0 amide bonds. The van der Waals surface area contributed by atoms with Gasteiger partial charge in [-0.3, -0.25) is 0 Å². The number of aryl methyl sites for hydroxylation is 1. The van der Waals surface area contributed by atoms with E-state index >= 15 is 0 Å². The maximum Gasteiger partial charge on any atom is 0.430 e. The lowest BCUT2D eigenvalue weighted by molar-refractivity contribution is -0.187. The lowest BCUT2D eigenvalue weighted by Gasteiger charge is -2.28. The summed E-state index contributed by atoms with van der Waals surface area (Å²) >= 11 is 5.00. The Bertz CT molecular complexity index is 613. The summed E-state index contributed by atoms with van der Waals surface area (Å²) in [6, 6.07) is 3.24. The maximum atomic E-state index is 13.1. The van der Waals surface area contributed by atoms with Gasteiger partial charge in [0.1, 0.15) is 10.4 Å². The molecule has 1 atom stereocenters. The summed E-state index contributed by atoms with van der Waals surface area (Å²) in [5.41, 5.74) is 0.401. The molecule has 0 saturated heterocycles. The van der Waals surface area contributed by atoms with Crippen LogP contribution in [0.15, 0.2) is 22.2 Å². The van der Waals surface area contributed by atoms with E-state index in [1.165, 1.54) is 6.08 Å². The summed E-state index contributed by atoms with van der Waals surface area (Å²) in [6.45, 7) is 1.64. The Morgan fingerprint density at radius 1 is 1.48 bits per heavy atom. The molecule has 114 valence electrons. The van der Waals surface area contributed by atoms with Crippen molar-refractivity contribution in [1.29, 1.82) is 0 Å². The molecule has 0 bridgehead atoms. The number of rotatable bonds is 2. The summed E-state index contributed by atoms with van der Waals surface area (Å²) in [7, 11) is 0. The van der Waals surface area contributed by atoms with Crippen molar-refractivity contribution in [2.75, 3.05) is 4.61 Å². The molecule has 3 nitrogen and oxygen atoms in total. The van der Waals surface area contributed by atoms with Crippen molar-refractivity contribution in [2.24, 2.45) is 0 Å². The van der Waals surface area contributed by atoms with E-state index in [1.54, 1.807) is 41.6 Å². The highest BCUT2D eigenvalue weighted by molar-refractivity contribution is 14.1.